The Morgan fingerprint density at radius 2 is 2.00 bits per heavy atom. The normalized spacial score (nSPS) is 37.9. The quantitative estimate of drug-likeness (QED) is 0.729. The molecular weight excluding hydrogens is 306 g/mol. The molecule has 4 saturated carbocycles. The van der Waals surface area contributed by atoms with Crippen LogP contribution in [0.5, 0.6) is 0 Å². The molecule has 0 N–H and O–H groups in total. The van der Waals surface area contributed by atoms with Crippen LogP contribution in [0, 0.1) is 36.0 Å². The molecule has 1 aromatic heterocycles. The van der Waals surface area contributed by atoms with Gasteiger partial charge < -0.3 is 4.90 Å². The zero-order valence-corrected chi connectivity index (χ0v) is 14.9. The molecule has 1 aromatic rings. The van der Waals surface area contributed by atoms with Gasteiger partial charge >= 0.3 is 0 Å². The molecule has 128 valence electrons. The van der Waals surface area contributed by atoms with E-state index in [4.69, 9.17) is 0 Å². The monoisotopic (exact) mass is 331 g/mol. The second-order valence-corrected chi connectivity index (χ2v) is 8.66. The van der Waals surface area contributed by atoms with E-state index in [1.807, 2.05) is 31.5 Å². The molecule has 4 bridgehead atoms. The molecule has 0 radical (unpaired) electrons. The Kier molecular flexibility index (Phi) is 3.32. The fraction of sp³-hybridized carbons (Fsp3) is 0.545. The lowest BCUT2D eigenvalue weighted by Crippen LogP contribution is -2.62. The summed E-state index contributed by atoms with van der Waals surface area (Å²) >= 11 is 0. The fourth-order valence-electron chi connectivity index (χ4n) is 6.23. The Hall–Kier alpha value is -2.08. The van der Waals surface area contributed by atoms with Crippen molar-refractivity contribution in [3.63, 3.8) is 0 Å². The van der Waals surface area contributed by atoms with Crippen molar-refractivity contribution in [2.45, 2.75) is 51.0 Å². The largest absolute Gasteiger partial charge is 0.365 e. The van der Waals surface area contributed by atoms with E-state index in [1.54, 1.807) is 0 Å². The highest BCUT2D eigenvalue weighted by molar-refractivity contribution is 5.62. The first-order chi connectivity index (χ1) is 12.1. The van der Waals surface area contributed by atoms with E-state index >= 15 is 0 Å². The van der Waals surface area contributed by atoms with Crippen LogP contribution in [-0.2, 0) is 0 Å². The summed E-state index contributed by atoms with van der Waals surface area (Å²) in [5, 5.41) is 0. The van der Waals surface area contributed by atoms with Crippen LogP contribution in [0.2, 0.25) is 0 Å². The second-order valence-electron chi connectivity index (χ2n) is 8.66. The molecule has 0 saturated heterocycles. The second kappa shape index (κ2) is 5.46. The molecule has 4 fully saturated rings. The summed E-state index contributed by atoms with van der Waals surface area (Å²) in [4.78, 5) is 11.4. The Bertz CT molecular complexity index is 796. The molecule has 2 heterocycles. The number of nitrogens with zero attached hydrogens (tertiary/aromatic N) is 3. The first-order valence-electron chi connectivity index (χ1n) is 9.57. The standard InChI is InChI=1S/C22H25N3/c1-17-3-2-4-20(24-17)5-6-21-12-18-11-19(13-21)15-22(14-18,16-21)25-9-7-23-8-10-25/h2-4,7-9,18-19H,10-16H2,1H3. The van der Waals surface area contributed by atoms with E-state index in [0.717, 1.165) is 29.8 Å². The molecule has 4 aliphatic carbocycles. The highest BCUT2D eigenvalue weighted by atomic mass is 15.2. The van der Waals surface area contributed by atoms with Crippen LogP contribution in [0.25, 0.3) is 0 Å². The van der Waals surface area contributed by atoms with E-state index in [0.29, 0.717) is 5.54 Å². The molecular formula is C22H25N3. The first-order valence-corrected chi connectivity index (χ1v) is 9.57. The van der Waals surface area contributed by atoms with Gasteiger partial charge in [-0.25, -0.2) is 4.98 Å². The van der Waals surface area contributed by atoms with Crippen LogP contribution in [0.1, 0.15) is 49.9 Å². The molecule has 3 heteroatoms. The van der Waals surface area contributed by atoms with Crippen LogP contribution < -0.4 is 0 Å². The number of hydrogen-bond acceptors (Lipinski definition) is 3. The number of pyridine rings is 1. The van der Waals surface area contributed by atoms with E-state index in [1.165, 1.54) is 38.5 Å². The summed E-state index contributed by atoms with van der Waals surface area (Å²) in [6.07, 6.45) is 14.1. The zero-order chi connectivity index (χ0) is 16.9. The van der Waals surface area contributed by atoms with Gasteiger partial charge in [-0.2, -0.15) is 0 Å². The topological polar surface area (TPSA) is 28.5 Å². The molecule has 0 spiro atoms. The predicted molar refractivity (Wildman–Crippen MR) is 100 cm³/mol. The van der Waals surface area contributed by atoms with E-state index < -0.39 is 0 Å². The van der Waals surface area contributed by atoms with Crippen molar-refractivity contribution in [2.75, 3.05) is 6.54 Å². The van der Waals surface area contributed by atoms with Crippen LogP contribution in [0.4, 0.5) is 0 Å². The summed E-state index contributed by atoms with van der Waals surface area (Å²) in [7, 11) is 0. The van der Waals surface area contributed by atoms with Gasteiger partial charge in [-0.15, -0.1) is 0 Å². The Labute approximate surface area is 150 Å². The molecule has 1 aliphatic heterocycles. The number of aliphatic imine (C=N–C) groups is 1. The van der Waals surface area contributed by atoms with Gasteiger partial charge in [0.15, 0.2) is 0 Å². The van der Waals surface area contributed by atoms with E-state index in [2.05, 4.69) is 39.0 Å². The van der Waals surface area contributed by atoms with Gasteiger partial charge in [0.05, 0.1) is 6.54 Å². The van der Waals surface area contributed by atoms with Crippen molar-refractivity contribution in [3.05, 3.63) is 42.0 Å². The van der Waals surface area contributed by atoms with Crippen molar-refractivity contribution in [2.24, 2.45) is 22.2 Å². The molecule has 0 aromatic carbocycles. The number of aryl methyl sites for hydroxylation is 1. The SMILES string of the molecule is Cc1cccc(C#CC23CC4CC(C2)CC(N2C=CN=CC2)(C4)C3)n1. The summed E-state index contributed by atoms with van der Waals surface area (Å²) in [5.41, 5.74) is 2.47. The van der Waals surface area contributed by atoms with Gasteiger partial charge in [0.25, 0.3) is 0 Å². The smallest absolute Gasteiger partial charge is 0.113 e. The van der Waals surface area contributed by atoms with Crippen LogP contribution >= 0.6 is 0 Å². The molecule has 25 heavy (non-hydrogen) atoms. The summed E-state index contributed by atoms with van der Waals surface area (Å²) < 4.78 is 0. The number of aromatic nitrogens is 1. The predicted octanol–water partition coefficient (Wildman–Crippen LogP) is 3.94. The summed E-state index contributed by atoms with van der Waals surface area (Å²) in [6, 6.07) is 6.14. The van der Waals surface area contributed by atoms with Gasteiger partial charge in [-0.3, -0.25) is 4.99 Å². The van der Waals surface area contributed by atoms with Crippen LogP contribution in [0.3, 0.4) is 0 Å². The van der Waals surface area contributed by atoms with Crippen molar-refractivity contribution in [1.82, 2.24) is 9.88 Å². The van der Waals surface area contributed by atoms with Gasteiger partial charge in [-0.1, -0.05) is 12.0 Å². The van der Waals surface area contributed by atoms with Crippen molar-refractivity contribution >= 4 is 6.21 Å². The van der Waals surface area contributed by atoms with E-state index in [-0.39, 0.29) is 5.41 Å². The Balaban J connectivity index is 1.48. The van der Waals surface area contributed by atoms with E-state index in [9.17, 15) is 0 Å². The highest BCUT2D eigenvalue weighted by Gasteiger charge is 2.58. The number of rotatable bonds is 1. The fourth-order valence-corrected chi connectivity index (χ4v) is 6.23. The summed E-state index contributed by atoms with van der Waals surface area (Å²) in [6.45, 7) is 2.99. The van der Waals surface area contributed by atoms with Gasteiger partial charge in [0.2, 0.25) is 0 Å². The number of hydrogen-bond donors (Lipinski definition) is 0. The minimum Gasteiger partial charge on any atom is -0.365 e. The highest BCUT2D eigenvalue weighted by Crippen LogP contribution is 2.63. The van der Waals surface area contributed by atoms with Gasteiger partial charge in [0.1, 0.15) is 5.69 Å². The molecule has 3 nitrogen and oxygen atoms in total. The molecule has 6 rings (SSSR count). The van der Waals surface area contributed by atoms with Crippen LogP contribution in [0.15, 0.2) is 35.6 Å². The first kappa shape index (κ1) is 15.2. The molecule has 2 unspecified atom stereocenters. The third-order valence-corrected chi connectivity index (χ3v) is 6.70. The third kappa shape index (κ3) is 2.59. The van der Waals surface area contributed by atoms with Gasteiger partial charge in [-0.05, 0) is 75.3 Å². The minimum absolute atomic E-state index is 0.192. The maximum absolute atomic E-state index is 4.58. The maximum Gasteiger partial charge on any atom is 0.113 e. The van der Waals surface area contributed by atoms with Crippen molar-refractivity contribution in [1.29, 1.82) is 0 Å². The lowest BCUT2D eigenvalue weighted by Gasteiger charge is -2.63. The molecule has 2 atom stereocenters. The third-order valence-electron chi connectivity index (χ3n) is 6.70. The van der Waals surface area contributed by atoms with Crippen molar-refractivity contribution in [3.8, 4) is 11.8 Å². The Morgan fingerprint density at radius 3 is 2.72 bits per heavy atom. The molecule has 5 aliphatic rings. The Morgan fingerprint density at radius 1 is 1.16 bits per heavy atom. The van der Waals surface area contributed by atoms with Crippen molar-refractivity contribution < 1.29 is 0 Å². The van der Waals surface area contributed by atoms with Crippen LogP contribution in [-0.4, -0.2) is 28.2 Å². The molecule has 0 amide bonds. The zero-order valence-electron chi connectivity index (χ0n) is 14.9. The lowest BCUT2D eigenvalue weighted by molar-refractivity contribution is -0.0923. The van der Waals surface area contributed by atoms with Gasteiger partial charge in [0, 0.05) is 35.3 Å². The minimum atomic E-state index is 0.192. The average Bonchev–Trinajstić information content (AvgIpc) is 2.60. The average molecular weight is 331 g/mol. The summed E-state index contributed by atoms with van der Waals surface area (Å²) in [5.74, 6) is 8.86. The maximum atomic E-state index is 4.58. The lowest BCUT2D eigenvalue weighted by atomic mass is 9.46.